The average molecular weight is 255 g/mol. The van der Waals surface area contributed by atoms with Gasteiger partial charge in [-0.15, -0.1) is 0 Å². The van der Waals surface area contributed by atoms with E-state index in [1.807, 2.05) is 0 Å². The molecule has 0 saturated heterocycles. The predicted molar refractivity (Wildman–Crippen MR) is 60.9 cm³/mol. The van der Waals surface area contributed by atoms with Crippen LogP contribution in [0.2, 0.25) is 5.02 Å². The SMILES string of the molecule is O=C(O)CN(C(=O)c1ccncc1Cl)C1CC1. The Labute approximate surface area is 103 Å². The lowest BCUT2D eigenvalue weighted by Gasteiger charge is -2.20. The van der Waals surface area contributed by atoms with Crippen LogP contribution in [0.5, 0.6) is 0 Å². The van der Waals surface area contributed by atoms with Crippen molar-refractivity contribution >= 4 is 23.5 Å². The molecule has 0 spiro atoms. The molecule has 0 aliphatic heterocycles. The van der Waals surface area contributed by atoms with E-state index < -0.39 is 5.97 Å². The fraction of sp³-hybridized carbons (Fsp3) is 0.364. The predicted octanol–water partition coefficient (Wildman–Crippen LogP) is 1.42. The van der Waals surface area contributed by atoms with Gasteiger partial charge in [0.2, 0.25) is 0 Å². The number of pyridine rings is 1. The maximum atomic E-state index is 12.1. The lowest BCUT2D eigenvalue weighted by Crippen LogP contribution is -2.37. The first kappa shape index (κ1) is 11.9. The van der Waals surface area contributed by atoms with E-state index in [9.17, 15) is 9.59 Å². The first-order valence-electron chi connectivity index (χ1n) is 5.22. The van der Waals surface area contributed by atoms with Gasteiger partial charge < -0.3 is 10.0 Å². The van der Waals surface area contributed by atoms with Crippen LogP contribution in [0.3, 0.4) is 0 Å². The Morgan fingerprint density at radius 3 is 2.76 bits per heavy atom. The Hall–Kier alpha value is -1.62. The molecule has 1 N–H and O–H groups in total. The van der Waals surface area contributed by atoms with Crippen LogP contribution in [-0.4, -0.2) is 39.5 Å². The average Bonchev–Trinajstić information content (AvgIpc) is 3.09. The van der Waals surface area contributed by atoms with Crippen LogP contribution in [0.1, 0.15) is 23.2 Å². The van der Waals surface area contributed by atoms with Crippen molar-refractivity contribution in [3.8, 4) is 0 Å². The Bertz CT molecular complexity index is 460. The van der Waals surface area contributed by atoms with Gasteiger partial charge in [-0.3, -0.25) is 14.6 Å². The summed E-state index contributed by atoms with van der Waals surface area (Å²) in [4.78, 5) is 28.0. The minimum Gasteiger partial charge on any atom is -0.480 e. The Morgan fingerprint density at radius 1 is 1.53 bits per heavy atom. The van der Waals surface area contributed by atoms with E-state index in [-0.39, 0.29) is 23.5 Å². The van der Waals surface area contributed by atoms with Crippen molar-refractivity contribution in [3.63, 3.8) is 0 Å². The van der Waals surface area contributed by atoms with Crippen LogP contribution < -0.4 is 0 Å². The molecular formula is C11H11ClN2O3. The van der Waals surface area contributed by atoms with Gasteiger partial charge in [-0.25, -0.2) is 0 Å². The number of rotatable bonds is 4. The van der Waals surface area contributed by atoms with Crippen molar-refractivity contribution in [1.29, 1.82) is 0 Å². The summed E-state index contributed by atoms with van der Waals surface area (Å²) in [5, 5.41) is 9.03. The third-order valence-electron chi connectivity index (χ3n) is 2.56. The number of carboxylic acid groups (broad SMARTS) is 1. The largest absolute Gasteiger partial charge is 0.480 e. The molecule has 6 heteroatoms. The number of aromatic nitrogens is 1. The molecule has 0 bridgehead atoms. The molecular weight excluding hydrogens is 244 g/mol. The van der Waals surface area contributed by atoms with Crippen LogP contribution in [0.4, 0.5) is 0 Å². The summed E-state index contributed by atoms with van der Waals surface area (Å²) < 4.78 is 0. The van der Waals surface area contributed by atoms with Crippen LogP contribution in [-0.2, 0) is 4.79 Å². The molecule has 1 aromatic rings. The molecule has 1 fully saturated rings. The van der Waals surface area contributed by atoms with Crippen molar-refractivity contribution in [2.45, 2.75) is 18.9 Å². The van der Waals surface area contributed by atoms with Gasteiger partial charge in [0.1, 0.15) is 6.54 Å². The van der Waals surface area contributed by atoms with Gasteiger partial charge in [0.05, 0.1) is 10.6 Å². The second-order valence-electron chi connectivity index (χ2n) is 3.91. The molecule has 2 rings (SSSR count). The van der Waals surface area contributed by atoms with Crippen molar-refractivity contribution in [2.24, 2.45) is 0 Å². The lowest BCUT2D eigenvalue weighted by atomic mass is 10.2. The van der Waals surface area contributed by atoms with Gasteiger partial charge in [0, 0.05) is 18.4 Å². The third-order valence-corrected chi connectivity index (χ3v) is 2.86. The van der Waals surface area contributed by atoms with E-state index >= 15 is 0 Å². The summed E-state index contributed by atoms with van der Waals surface area (Å²) in [6, 6.07) is 1.53. The fourth-order valence-corrected chi connectivity index (χ4v) is 1.80. The zero-order valence-corrected chi connectivity index (χ0v) is 9.72. The standard InChI is InChI=1S/C11H11ClN2O3/c12-9-5-13-4-3-8(9)11(17)14(6-10(15)16)7-1-2-7/h3-5,7H,1-2,6H2,(H,15,16). The quantitative estimate of drug-likeness (QED) is 0.882. The monoisotopic (exact) mass is 254 g/mol. The first-order valence-corrected chi connectivity index (χ1v) is 5.59. The minimum absolute atomic E-state index is 0.0304. The van der Waals surface area contributed by atoms with Crippen molar-refractivity contribution < 1.29 is 14.7 Å². The highest BCUT2D eigenvalue weighted by Gasteiger charge is 2.34. The molecule has 1 aliphatic carbocycles. The normalized spacial score (nSPS) is 14.4. The number of carbonyl (C=O) groups excluding carboxylic acids is 1. The van der Waals surface area contributed by atoms with Gasteiger partial charge in [0.15, 0.2) is 0 Å². The Balaban J connectivity index is 2.22. The molecule has 0 atom stereocenters. The highest BCUT2D eigenvalue weighted by Crippen LogP contribution is 2.29. The van der Waals surface area contributed by atoms with E-state index in [0.717, 1.165) is 12.8 Å². The third kappa shape index (κ3) is 2.74. The van der Waals surface area contributed by atoms with Gasteiger partial charge in [-0.1, -0.05) is 11.6 Å². The number of hydrogen-bond donors (Lipinski definition) is 1. The van der Waals surface area contributed by atoms with E-state index in [0.29, 0.717) is 5.56 Å². The summed E-state index contributed by atoms with van der Waals surface area (Å²) in [6.07, 6.45) is 4.54. The number of carboxylic acids is 1. The number of nitrogens with zero attached hydrogens (tertiary/aromatic N) is 2. The maximum Gasteiger partial charge on any atom is 0.323 e. The van der Waals surface area contributed by atoms with Crippen molar-refractivity contribution in [2.75, 3.05) is 6.54 Å². The number of amides is 1. The number of carbonyl (C=O) groups is 2. The van der Waals surface area contributed by atoms with Crippen molar-refractivity contribution in [3.05, 3.63) is 29.0 Å². The van der Waals surface area contributed by atoms with Crippen LogP contribution >= 0.6 is 11.6 Å². The molecule has 1 saturated carbocycles. The Kier molecular flexibility index (Phi) is 3.28. The smallest absolute Gasteiger partial charge is 0.323 e. The summed E-state index contributed by atoms with van der Waals surface area (Å²) in [5.41, 5.74) is 0.301. The van der Waals surface area contributed by atoms with Crippen molar-refractivity contribution in [1.82, 2.24) is 9.88 Å². The first-order chi connectivity index (χ1) is 8.09. The van der Waals surface area contributed by atoms with Gasteiger partial charge in [-0.2, -0.15) is 0 Å². The van der Waals surface area contributed by atoms with E-state index in [1.165, 1.54) is 23.4 Å². The van der Waals surface area contributed by atoms with Gasteiger partial charge in [-0.05, 0) is 18.9 Å². The zero-order chi connectivity index (χ0) is 12.4. The van der Waals surface area contributed by atoms with Gasteiger partial charge in [0.25, 0.3) is 5.91 Å². The topological polar surface area (TPSA) is 70.5 Å². The molecule has 1 aliphatic rings. The summed E-state index contributed by atoms with van der Waals surface area (Å²) in [6.45, 7) is -0.290. The highest BCUT2D eigenvalue weighted by atomic mass is 35.5. The van der Waals surface area contributed by atoms with Gasteiger partial charge >= 0.3 is 5.97 Å². The summed E-state index contributed by atoms with van der Waals surface area (Å²) in [7, 11) is 0. The molecule has 90 valence electrons. The molecule has 5 nitrogen and oxygen atoms in total. The molecule has 0 unspecified atom stereocenters. The molecule has 0 aromatic carbocycles. The second kappa shape index (κ2) is 4.71. The van der Waals surface area contributed by atoms with Crippen LogP contribution in [0.15, 0.2) is 18.5 Å². The van der Waals surface area contributed by atoms with E-state index in [1.54, 1.807) is 0 Å². The Morgan fingerprint density at radius 2 is 2.24 bits per heavy atom. The zero-order valence-electron chi connectivity index (χ0n) is 8.97. The highest BCUT2D eigenvalue weighted by molar-refractivity contribution is 6.33. The maximum absolute atomic E-state index is 12.1. The number of hydrogen-bond acceptors (Lipinski definition) is 3. The fourth-order valence-electron chi connectivity index (χ4n) is 1.60. The molecule has 1 heterocycles. The second-order valence-corrected chi connectivity index (χ2v) is 4.32. The van der Waals surface area contributed by atoms with E-state index in [2.05, 4.69) is 4.98 Å². The van der Waals surface area contributed by atoms with Crippen LogP contribution in [0.25, 0.3) is 0 Å². The number of halogens is 1. The summed E-state index contributed by atoms with van der Waals surface area (Å²) in [5.74, 6) is -1.36. The molecule has 1 aromatic heterocycles. The minimum atomic E-state index is -1.02. The molecule has 17 heavy (non-hydrogen) atoms. The lowest BCUT2D eigenvalue weighted by molar-refractivity contribution is -0.137. The van der Waals surface area contributed by atoms with Crippen LogP contribution in [0, 0.1) is 0 Å². The van der Waals surface area contributed by atoms with E-state index in [4.69, 9.17) is 16.7 Å². The number of aliphatic carboxylic acids is 1. The molecule has 1 amide bonds. The summed E-state index contributed by atoms with van der Waals surface area (Å²) >= 11 is 5.87. The molecule has 0 radical (unpaired) electrons.